The Labute approximate surface area is 172 Å². The van der Waals surface area contributed by atoms with Crippen LogP contribution in [-0.2, 0) is 17.6 Å². The number of hydrogen-bond donors (Lipinski definition) is 1. The Hall–Kier alpha value is -2.89. The highest BCUT2D eigenvalue weighted by Crippen LogP contribution is 2.31. The Morgan fingerprint density at radius 2 is 1.90 bits per heavy atom. The number of benzene rings is 2. The number of carbonyl (C=O) groups excluding carboxylic acids is 1. The van der Waals surface area contributed by atoms with Gasteiger partial charge in [0, 0.05) is 6.54 Å². The summed E-state index contributed by atoms with van der Waals surface area (Å²) in [7, 11) is 1.63. The SMILES string of the molecule is CCOc1ccc(CCNC(=O)C2COc3ccc(OC)cc3C2)cc1OCC. The van der Waals surface area contributed by atoms with Gasteiger partial charge in [-0.15, -0.1) is 0 Å². The van der Waals surface area contributed by atoms with Crippen molar-refractivity contribution in [2.75, 3.05) is 33.5 Å². The van der Waals surface area contributed by atoms with E-state index < -0.39 is 0 Å². The smallest absolute Gasteiger partial charge is 0.226 e. The van der Waals surface area contributed by atoms with Crippen LogP contribution in [0.2, 0.25) is 0 Å². The molecule has 0 saturated heterocycles. The fraction of sp³-hybridized carbons (Fsp3) is 0.435. The molecule has 0 spiro atoms. The lowest BCUT2D eigenvalue weighted by Gasteiger charge is -2.25. The molecule has 3 rings (SSSR count). The van der Waals surface area contributed by atoms with Crippen molar-refractivity contribution in [3.05, 3.63) is 47.5 Å². The number of fused-ring (bicyclic) bond motifs is 1. The quantitative estimate of drug-likeness (QED) is 0.700. The molecule has 6 heteroatoms. The Morgan fingerprint density at radius 1 is 1.10 bits per heavy atom. The zero-order valence-electron chi connectivity index (χ0n) is 17.3. The molecule has 0 saturated carbocycles. The number of nitrogens with one attached hydrogen (secondary N) is 1. The summed E-state index contributed by atoms with van der Waals surface area (Å²) < 4.78 is 22.3. The summed E-state index contributed by atoms with van der Waals surface area (Å²) in [5, 5.41) is 3.03. The summed E-state index contributed by atoms with van der Waals surface area (Å²) in [4.78, 5) is 12.6. The second kappa shape index (κ2) is 10.0. The predicted molar refractivity (Wildman–Crippen MR) is 111 cm³/mol. The van der Waals surface area contributed by atoms with Crippen molar-refractivity contribution in [2.45, 2.75) is 26.7 Å². The van der Waals surface area contributed by atoms with Gasteiger partial charge in [-0.1, -0.05) is 6.07 Å². The lowest BCUT2D eigenvalue weighted by atomic mass is 9.95. The molecule has 2 aromatic rings. The molecule has 1 heterocycles. The van der Waals surface area contributed by atoms with Crippen LogP contribution in [0.3, 0.4) is 0 Å². The predicted octanol–water partition coefficient (Wildman–Crippen LogP) is 3.40. The van der Waals surface area contributed by atoms with Gasteiger partial charge in [0.1, 0.15) is 18.1 Å². The van der Waals surface area contributed by atoms with Gasteiger partial charge in [0.25, 0.3) is 0 Å². The molecule has 1 N–H and O–H groups in total. The molecule has 29 heavy (non-hydrogen) atoms. The molecule has 0 aliphatic carbocycles. The Morgan fingerprint density at radius 3 is 2.66 bits per heavy atom. The number of rotatable bonds is 9. The lowest BCUT2D eigenvalue weighted by Crippen LogP contribution is -2.38. The molecule has 1 unspecified atom stereocenters. The number of ether oxygens (including phenoxy) is 4. The van der Waals surface area contributed by atoms with Crippen molar-refractivity contribution < 1.29 is 23.7 Å². The van der Waals surface area contributed by atoms with Crippen molar-refractivity contribution in [1.29, 1.82) is 0 Å². The van der Waals surface area contributed by atoms with E-state index in [1.807, 2.05) is 50.2 Å². The van der Waals surface area contributed by atoms with E-state index in [1.165, 1.54) is 0 Å². The topological polar surface area (TPSA) is 66.0 Å². The van der Waals surface area contributed by atoms with Crippen molar-refractivity contribution >= 4 is 5.91 Å². The Bertz CT molecular complexity index is 836. The zero-order valence-corrected chi connectivity index (χ0v) is 17.3. The first kappa shape index (κ1) is 20.8. The first-order chi connectivity index (χ1) is 14.1. The van der Waals surface area contributed by atoms with Gasteiger partial charge in [0.05, 0.1) is 26.2 Å². The van der Waals surface area contributed by atoms with Crippen molar-refractivity contribution in [3.63, 3.8) is 0 Å². The van der Waals surface area contributed by atoms with Crippen LogP contribution >= 0.6 is 0 Å². The molecular weight excluding hydrogens is 370 g/mol. The van der Waals surface area contributed by atoms with Crippen LogP contribution in [0.25, 0.3) is 0 Å². The second-order valence-corrected chi connectivity index (χ2v) is 6.87. The average molecular weight is 399 g/mol. The largest absolute Gasteiger partial charge is 0.497 e. The summed E-state index contributed by atoms with van der Waals surface area (Å²) in [5.41, 5.74) is 2.09. The van der Waals surface area contributed by atoms with E-state index in [4.69, 9.17) is 18.9 Å². The van der Waals surface area contributed by atoms with Crippen LogP contribution in [0, 0.1) is 5.92 Å². The Balaban J connectivity index is 1.54. The van der Waals surface area contributed by atoms with Crippen LogP contribution in [0.5, 0.6) is 23.0 Å². The molecule has 1 amide bonds. The van der Waals surface area contributed by atoms with Crippen LogP contribution in [-0.4, -0.2) is 39.4 Å². The van der Waals surface area contributed by atoms with Gasteiger partial charge in [-0.05, 0) is 68.1 Å². The maximum atomic E-state index is 12.6. The zero-order chi connectivity index (χ0) is 20.6. The molecule has 0 aromatic heterocycles. The summed E-state index contributed by atoms with van der Waals surface area (Å²) in [6, 6.07) is 11.6. The van der Waals surface area contributed by atoms with E-state index in [0.29, 0.717) is 32.8 Å². The number of methoxy groups -OCH3 is 1. The molecule has 1 atom stereocenters. The first-order valence-electron chi connectivity index (χ1n) is 10.1. The monoisotopic (exact) mass is 399 g/mol. The van der Waals surface area contributed by atoms with E-state index in [2.05, 4.69) is 5.32 Å². The molecule has 1 aliphatic rings. The third-order valence-corrected chi connectivity index (χ3v) is 4.87. The van der Waals surface area contributed by atoms with Gasteiger partial charge < -0.3 is 24.3 Å². The standard InChI is InChI=1S/C23H29NO5/c1-4-27-21-8-6-16(12-22(21)28-5-2)10-11-24-23(25)18-13-17-14-19(26-3)7-9-20(17)29-15-18/h6-9,12,14,18H,4-5,10-11,13,15H2,1-3H3,(H,24,25). The maximum absolute atomic E-state index is 12.6. The summed E-state index contributed by atoms with van der Waals surface area (Å²) in [6.07, 6.45) is 1.37. The number of amides is 1. The molecule has 0 fully saturated rings. The normalized spacial score (nSPS) is 15.1. The van der Waals surface area contributed by atoms with Gasteiger partial charge in [-0.25, -0.2) is 0 Å². The average Bonchev–Trinajstić information content (AvgIpc) is 2.74. The minimum atomic E-state index is -0.200. The maximum Gasteiger partial charge on any atom is 0.226 e. The van der Waals surface area contributed by atoms with Gasteiger partial charge in [-0.2, -0.15) is 0 Å². The van der Waals surface area contributed by atoms with Crippen LogP contribution < -0.4 is 24.3 Å². The minimum Gasteiger partial charge on any atom is -0.497 e. The lowest BCUT2D eigenvalue weighted by molar-refractivity contribution is -0.126. The third kappa shape index (κ3) is 5.34. The summed E-state index contributed by atoms with van der Waals surface area (Å²) in [6.45, 7) is 6.01. The van der Waals surface area contributed by atoms with E-state index in [0.717, 1.165) is 40.5 Å². The summed E-state index contributed by atoms with van der Waals surface area (Å²) >= 11 is 0. The fourth-order valence-electron chi connectivity index (χ4n) is 3.39. The Kier molecular flexibility index (Phi) is 7.22. The van der Waals surface area contributed by atoms with Gasteiger partial charge in [0.2, 0.25) is 5.91 Å². The molecule has 6 nitrogen and oxygen atoms in total. The molecule has 156 valence electrons. The number of hydrogen-bond acceptors (Lipinski definition) is 5. The van der Waals surface area contributed by atoms with Crippen molar-refractivity contribution in [1.82, 2.24) is 5.32 Å². The van der Waals surface area contributed by atoms with Gasteiger partial charge in [-0.3, -0.25) is 4.79 Å². The van der Waals surface area contributed by atoms with Crippen LogP contribution in [0.1, 0.15) is 25.0 Å². The summed E-state index contributed by atoms with van der Waals surface area (Å²) in [5.74, 6) is 2.89. The van der Waals surface area contributed by atoms with Crippen molar-refractivity contribution in [2.24, 2.45) is 5.92 Å². The van der Waals surface area contributed by atoms with Crippen LogP contribution in [0.4, 0.5) is 0 Å². The molecular formula is C23H29NO5. The highest BCUT2D eigenvalue weighted by Gasteiger charge is 2.26. The number of carbonyl (C=O) groups is 1. The molecule has 1 aliphatic heterocycles. The van der Waals surface area contributed by atoms with Crippen molar-refractivity contribution in [3.8, 4) is 23.0 Å². The van der Waals surface area contributed by atoms with E-state index in [9.17, 15) is 4.79 Å². The van der Waals surface area contributed by atoms with Gasteiger partial charge in [0.15, 0.2) is 11.5 Å². The molecule has 0 bridgehead atoms. The van der Waals surface area contributed by atoms with E-state index >= 15 is 0 Å². The highest BCUT2D eigenvalue weighted by molar-refractivity contribution is 5.79. The van der Waals surface area contributed by atoms with E-state index in [1.54, 1.807) is 7.11 Å². The first-order valence-corrected chi connectivity index (χ1v) is 10.1. The highest BCUT2D eigenvalue weighted by atomic mass is 16.5. The third-order valence-electron chi connectivity index (χ3n) is 4.87. The molecule has 2 aromatic carbocycles. The minimum absolute atomic E-state index is 0.00874. The second-order valence-electron chi connectivity index (χ2n) is 6.87. The fourth-order valence-corrected chi connectivity index (χ4v) is 3.39. The van der Waals surface area contributed by atoms with Crippen LogP contribution in [0.15, 0.2) is 36.4 Å². The molecule has 0 radical (unpaired) electrons. The van der Waals surface area contributed by atoms with Gasteiger partial charge >= 0.3 is 0 Å². The van der Waals surface area contributed by atoms with E-state index in [-0.39, 0.29) is 11.8 Å².